The second-order valence-corrected chi connectivity index (χ2v) is 5.60. The molecule has 0 aliphatic heterocycles. The van der Waals surface area contributed by atoms with E-state index >= 15 is 0 Å². The summed E-state index contributed by atoms with van der Waals surface area (Å²) in [4.78, 5) is 11.8. The fourth-order valence-corrected chi connectivity index (χ4v) is 1.93. The number of aromatic nitrogens is 2. The molecule has 1 aromatic heterocycles. The third kappa shape index (κ3) is 4.23. The van der Waals surface area contributed by atoms with Crippen LogP contribution in [0.3, 0.4) is 0 Å². The molecule has 0 spiro atoms. The van der Waals surface area contributed by atoms with Crippen LogP contribution in [0.1, 0.15) is 22.5 Å². The summed E-state index contributed by atoms with van der Waals surface area (Å²) in [7, 11) is -0.892. The molecule has 1 rings (SSSR count). The Bertz CT molecular complexity index is 431. The Labute approximate surface area is 109 Å². The molecule has 18 heavy (non-hydrogen) atoms. The van der Waals surface area contributed by atoms with Crippen molar-refractivity contribution in [1.82, 2.24) is 15.1 Å². The zero-order valence-electron chi connectivity index (χ0n) is 10.8. The lowest BCUT2D eigenvalue weighted by molar-refractivity contribution is 0.0955. The smallest absolute Gasteiger partial charge is 0.254 e. The summed E-state index contributed by atoms with van der Waals surface area (Å²) in [5, 5.41) is 6.89. The lowest BCUT2D eigenvalue weighted by Gasteiger charge is -2.05. The first-order valence-electron chi connectivity index (χ1n) is 5.87. The number of nitrogens with one attached hydrogen (secondary N) is 1. The highest BCUT2D eigenvalue weighted by molar-refractivity contribution is 7.84. The molecule has 0 aliphatic carbocycles. The van der Waals surface area contributed by atoms with Gasteiger partial charge in [0.25, 0.3) is 5.91 Å². The number of aryl methyl sites for hydroxylation is 1. The molecule has 0 aliphatic rings. The van der Waals surface area contributed by atoms with Crippen LogP contribution in [0.25, 0.3) is 0 Å². The number of carbonyl (C=O) groups excluding carboxylic acids is 1. The van der Waals surface area contributed by atoms with E-state index in [9.17, 15) is 9.00 Å². The van der Waals surface area contributed by atoms with Crippen LogP contribution in [0, 0.1) is 6.92 Å². The van der Waals surface area contributed by atoms with E-state index < -0.39 is 10.8 Å². The van der Waals surface area contributed by atoms with Crippen LogP contribution in [0.5, 0.6) is 0 Å². The highest BCUT2D eigenvalue weighted by Gasteiger charge is 2.13. The highest BCUT2D eigenvalue weighted by atomic mass is 32.2. The highest BCUT2D eigenvalue weighted by Crippen LogP contribution is 2.07. The Morgan fingerprint density at radius 3 is 2.94 bits per heavy atom. The van der Waals surface area contributed by atoms with Crippen molar-refractivity contribution in [1.29, 1.82) is 0 Å². The van der Waals surface area contributed by atoms with Gasteiger partial charge in [-0.2, -0.15) is 5.10 Å². The van der Waals surface area contributed by atoms with E-state index in [0.29, 0.717) is 31.0 Å². The molecule has 0 saturated carbocycles. The first-order valence-corrected chi connectivity index (χ1v) is 7.59. The van der Waals surface area contributed by atoms with Gasteiger partial charge in [0.05, 0.1) is 11.8 Å². The standard InChI is InChI=1S/C11H20N4O2S/c1-9-10(8-14-15(9)6-3-4-12)11(16)13-5-7-18(2)17/h8H,3-7,12H2,1-2H3,(H,13,16). The fourth-order valence-electron chi connectivity index (χ4n) is 1.54. The first-order chi connectivity index (χ1) is 8.56. The molecule has 6 nitrogen and oxygen atoms in total. The summed E-state index contributed by atoms with van der Waals surface area (Å²) in [6.45, 7) is 3.59. The van der Waals surface area contributed by atoms with E-state index in [1.807, 2.05) is 6.92 Å². The molecule has 1 amide bonds. The topological polar surface area (TPSA) is 90.0 Å². The van der Waals surface area contributed by atoms with E-state index in [1.165, 1.54) is 0 Å². The third-order valence-corrected chi connectivity index (χ3v) is 3.38. The molecule has 0 radical (unpaired) electrons. The minimum atomic E-state index is -0.892. The number of hydrogen-bond donors (Lipinski definition) is 2. The minimum Gasteiger partial charge on any atom is -0.351 e. The third-order valence-electron chi connectivity index (χ3n) is 2.60. The zero-order valence-corrected chi connectivity index (χ0v) is 11.6. The zero-order chi connectivity index (χ0) is 13.5. The summed E-state index contributed by atoms with van der Waals surface area (Å²) in [5.74, 6) is 0.295. The van der Waals surface area contributed by atoms with Gasteiger partial charge < -0.3 is 11.1 Å². The van der Waals surface area contributed by atoms with Crippen molar-refractivity contribution in [2.24, 2.45) is 5.73 Å². The van der Waals surface area contributed by atoms with Crippen LogP contribution in [0.4, 0.5) is 0 Å². The van der Waals surface area contributed by atoms with Crippen molar-refractivity contribution in [3.8, 4) is 0 Å². The summed E-state index contributed by atoms with van der Waals surface area (Å²) in [6, 6.07) is 0. The predicted octanol–water partition coefficient (Wildman–Crippen LogP) is -0.351. The quantitative estimate of drug-likeness (QED) is 0.710. The average molecular weight is 272 g/mol. The molecule has 102 valence electrons. The largest absolute Gasteiger partial charge is 0.351 e. The van der Waals surface area contributed by atoms with Crippen molar-refractivity contribution >= 4 is 16.7 Å². The van der Waals surface area contributed by atoms with Crippen molar-refractivity contribution in [3.63, 3.8) is 0 Å². The Kier molecular flexibility index (Phi) is 6.00. The Hall–Kier alpha value is -1.21. The number of amides is 1. The van der Waals surface area contributed by atoms with E-state index in [1.54, 1.807) is 17.1 Å². The van der Waals surface area contributed by atoms with Crippen LogP contribution < -0.4 is 11.1 Å². The van der Waals surface area contributed by atoms with Gasteiger partial charge in [0.2, 0.25) is 0 Å². The van der Waals surface area contributed by atoms with Crippen LogP contribution in [0.15, 0.2) is 6.20 Å². The van der Waals surface area contributed by atoms with Crippen LogP contribution >= 0.6 is 0 Å². The molecule has 1 unspecified atom stereocenters. The van der Waals surface area contributed by atoms with Crippen LogP contribution in [-0.2, 0) is 17.3 Å². The van der Waals surface area contributed by atoms with Crippen molar-refractivity contribution in [2.75, 3.05) is 25.1 Å². The molecular formula is C11H20N4O2S. The predicted molar refractivity (Wildman–Crippen MR) is 71.9 cm³/mol. The monoisotopic (exact) mass is 272 g/mol. The van der Waals surface area contributed by atoms with Gasteiger partial charge in [-0.1, -0.05) is 0 Å². The normalized spacial score (nSPS) is 12.4. The molecule has 3 N–H and O–H groups in total. The van der Waals surface area contributed by atoms with E-state index in [-0.39, 0.29) is 5.91 Å². The van der Waals surface area contributed by atoms with Gasteiger partial charge in [0.1, 0.15) is 0 Å². The molecular weight excluding hydrogens is 252 g/mol. The summed E-state index contributed by atoms with van der Waals surface area (Å²) in [5.41, 5.74) is 6.83. The molecule has 7 heteroatoms. The van der Waals surface area contributed by atoms with Crippen LogP contribution in [0.2, 0.25) is 0 Å². The van der Waals surface area contributed by atoms with Crippen molar-refractivity contribution < 1.29 is 9.00 Å². The second-order valence-electron chi connectivity index (χ2n) is 4.04. The lowest BCUT2D eigenvalue weighted by Crippen LogP contribution is -2.27. The molecule has 0 aromatic carbocycles. The Balaban J connectivity index is 2.57. The SMILES string of the molecule is Cc1c(C(=O)NCCS(C)=O)cnn1CCCN. The maximum absolute atomic E-state index is 11.8. The minimum absolute atomic E-state index is 0.169. The van der Waals surface area contributed by atoms with E-state index in [2.05, 4.69) is 10.4 Å². The second kappa shape index (κ2) is 7.27. The summed E-state index contributed by atoms with van der Waals surface area (Å²) < 4.78 is 12.7. The van der Waals surface area contributed by atoms with Gasteiger partial charge in [0.15, 0.2) is 0 Å². The van der Waals surface area contributed by atoms with Gasteiger partial charge in [-0.3, -0.25) is 13.7 Å². The maximum Gasteiger partial charge on any atom is 0.254 e. The van der Waals surface area contributed by atoms with Crippen LogP contribution in [-0.4, -0.2) is 45.0 Å². The summed E-state index contributed by atoms with van der Waals surface area (Å²) in [6.07, 6.45) is 4.00. The molecule has 1 atom stereocenters. The van der Waals surface area contributed by atoms with E-state index in [0.717, 1.165) is 12.1 Å². The number of nitrogens with two attached hydrogens (primary N) is 1. The molecule has 0 fully saturated rings. The molecule has 1 heterocycles. The molecule has 0 bridgehead atoms. The van der Waals surface area contributed by atoms with Gasteiger partial charge in [-0.05, 0) is 19.9 Å². The number of rotatable bonds is 7. The van der Waals surface area contributed by atoms with Gasteiger partial charge in [-0.15, -0.1) is 0 Å². The Morgan fingerprint density at radius 2 is 2.33 bits per heavy atom. The fraction of sp³-hybridized carbons (Fsp3) is 0.636. The molecule has 0 saturated heterocycles. The number of carbonyl (C=O) groups is 1. The number of hydrogen-bond acceptors (Lipinski definition) is 4. The number of nitrogens with zero attached hydrogens (tertiary/aromatic N) is 2. The van der Waals surface area contributed by atoms with Crippen molar-refractivity contribution in [3.05, 3.63) is 17.5 Å². The molecule has 1 aromatic rings. The average Bonchev–Trinajstić information content (AvgIpc) is 2.67. The van der Waals surface area contributed by atoms with Gasteiger partial charge in [-0.25, -0.2) is 0 Å². The van der Waals surface area contributed by atoms with Gasteiger partial charge in [0, 0.05) is 41.6 Å². The lowest BCUT2D eigenvalue weighted by atomic mass is 10.2. The summed E-state index contributed by atoms with van der Waals surface area (Å²) >= 11 is 0. The first kappa shape index (κ1) is 14.8. The van der Waals surface area contributed by atoms with Gasteiger partial charge >= 0.3 is 0 Å². The van der Waals surface area contributed by atoms with Crippen molar-refractivity contribution in [2.45, 2.75) is 19.9 Å². The maximum atomic E-state index is 11.8. The Morgan fingerprint density at radius 1 is 1.61 bits per heavy atom. The van der Waals surface area contributed by atoms with E-state index in [4.69, 9.17) is 5.73 Å².